The number of hydrogen-bond donors (Lipinski definition) is 0. The Kier molecular flexibility index (Phi) is 3.34. The van der Waals surface area contributed by atoms with E-state index in [1.165, 1.54) is 20.8 Å². The van der Waals surface area contributed by atoms with E-state index in [9.17, 15) is 0 Å². The zero-order valence-electron chi connectivity index (χ0n) is 12.4. The lowest BCUT2D eigenvalue weighted by Gasteiger charge is -2.16. The highest BCUT2D eigenvalue weighted by molar-refractivity contribution is 9.10. The van der Waals surface area contributed by atoms with Gasteiger partial charge in [0.1, 0.15) is 0 Å². The SMILES string of the molecule is CC1(C)C(C(Br)c2ccc(Br)c3ccccc23)C1(C)C. The lowest BCUT2D eigenvalue weighted by Crippen LogP contribution is -2.00. The Labute approximate surface area is 138 Å². The van der Waals surface area contributed by atoms with E-state index in [2.05, 4.69) is 96.0 Å². The van der Waals surface area contributed by atoms with Gasteiger partial charge in [-0.2, -0.15) is 0 Å². The molecule has 0 saturated heterocycles. The van der Waals surface area contributed by atoms with Crippen molar-refractivity contribution in [2.75, 3.05) is 0 Å². The van der Waals surface area contributed by atoms with Gasteiger partial charge in [0.25, 0.3) is 0 Å². The molecule has 0 bridgehead atoms. The van der Waals surface area contributed by atoms with Crippen LogP contribution in [0.15, 0.2) is 40.9 Å². The van der Waals surface area contributed by atoms with Crippen LogP contribution in [-0.4, -0.2) is 0 Å². The highest BCUT2D eigenvalue weighted by atomic mass is 79.9. The van der Waals surface area contributed by atoms with Crippen LogP contribution in [-0.2, 0) is 0 Å². The van der Waals surface area contributed by atoms with Crippen LogP contribution in [0.25, 0.3) is 10.8 Å². The Hall–Kier alpha value is -0.340. The molecule has 2 heteroatoms. The van der Waals surface area contributed by atoms with Crippen LogP contribution in [0, 0.1) is 16.7 Å². The molecule has 0 aromatic heterocycles. The van der Waals surface area contributed by atoms with Crippen molar-refractivity contribution in [2.24, 2.45) is 16.7 Å². The third-order valence-corrected chi connectivity index (χ3v) is 7.34. The topological polar surface area (TPSA) is 0 Å². The van der Waals surface area contributed by atoms with Gasteiger partial charge in [-0.3, -0.25) is 0 Å². The van der Waals surface area contributed by atoms with Gasteiger partial charge in [-0.05, 0) is 39.2 Å². The van der Waals surface area contributed by atoms with Crippen molar-refractivity contribution in [3.8, 4) is 0 Å². The monoisotopic (exact) mass is 394 g/mol. The summed E-state index contributed by atoms with van der Waals surface area (Å²) in [7, 11) is 0. The van der Waals surface area contributed by atoms with Crippen LogP contribution in [0.1, 0.15) is 38.1 Å². The number of halogens is 2. The van der Waals surface area contributed by atoms with Crippen LogP contribution < -0.4 is 0 Å². The van der Waals surface area contributed by atoms with Crippen LogP contribution in [0.2, 0.25) is 0 Å². The Morgan fingerprint density at radius 3 is 2.00 bits per heavy atom. The normalized spacial score (nSPS) is 21.9. The first-order valence-corrected chi connectivity index (χ1v) is 8.80. The fourth-order valence-corrected chi connectivity index (χ4v) is 5.88. The molecule has 2 aromatic rings. The average Bonchev–Trinajstić information content (AvgIpc) is 2.80. The van der Waals surface area contributed by atoms with Gasteiger partial charge in [0.15, 0.2) is 0 Å². The number of rotatable bonds is 2. The molecule has 2 aromatic carbocycles. The number of benzene rings is 2. The Bertz CT molecular complexity index is 656. The molecule has 1 atom stereocenters. The molecule has 1 fully saturated rings. The fourth-order valence-electron chi connectivity index (χ4n) is 3.68. The standard InChI is InChI=1S/C18H20Br2/c1-17(2)16(18(17,3)4)15(20)13-9-10-14(19)12-8-6-5-7-11(12)13/h5-10,15-16H,1-4H3. The van der Waals surface area contributed by atoms with Crippen molar-refractivity contribution >= 4 is 42.6 Å². The van der Waals surface area contributed by atoms with Crippen molar-refractivity contribution in [1.82, 2.24) is 0 Å². The van der Waals surface area contributed by atoms with Crippen molar-refractivity contribution in [3.63, 3.8) is 0 Å². The molecule has 1 saturated carbocycles. The molecule has 0 heterocycles. The molecule has 1 aliphatic carbocycles. The molecule has 1 aliphatic rings. The molecule has 0 radical (unpaired) electrons. The van der Waals surface area contributed by atoms with Crippen molar-refractivity contribution in [3.05, 3.63) is 46.4 Å². The summed E-state index contributed by atoms with van der Waals surface area (Å²) in [5.41, 5.74) is 2.18. The van der Waals surface area contributed by atoms with Gasteiger partial charge in [0.2, 0.25) is 0 Å². The summed E-state index contributed by atoms with van der Waals surface area (Å²) in [6, 6.07) is 13.1. The first kappa shape index (κ1) is 14.6. The average molecular weight is 396 g/mol. The summed E-state index contributed by atoms with van der Waals surface area (Å²) < 4.78 is 1.17. The summed E-state index contributed by atoms with van der Waals surface area (Å²) in [6.45, 7) is 9.53. The van der Waals surface area contributed by atoms with E-state index < -0.39 is 0 Å². The molecule has 0 amide bonds. The molecule has 0 spiro atoms. The summed E-state index contributed by atoms with van der Waals surface area (Å²) in [5, 5.41) is 2.65. The first-order chi connectivity index (χ1) is 9.28. The van der Waals surface area contributed by atoms with E-state index >= 15 is 0 Å². The highest BCUT2D eigenvalue weighted by Crippen LogP contribution is 2.74. The second kappa shape index (κ2) is 4.58. The minimum Gasteiger partial charge on any atom is -0.0835 e. The number of fused-ring (bicyclic) bond motifs is 1. The van der Waals surface area contributed by atoms with Gasteiger partial charge in [0.05, 0.1) is 0 Å². The van der Waals surface area contributed by atoms with Crippen LogP contribution in [0.4, 0.5) is 0 Å². The number of alkyl halides is 1. The maximum absolute atomic E-state index is 3.99. The van der Waals surface area contributed by atoms with E-state index in [0.717, 1.165) is 0 Å². The molecule has 20 heavy (non-hydrogen) atoms. The van der Waals surface area contributed by atoms with E-state index in [0.29, 0.717) is 21.6 Å². The molecule has 3 rings (SSSR count). The van der Waals surface area contributed by atoms with Gasteiger partial charge in [-0.25, -0.2) is 0 Å². The third-order valence-electron chi connectivity index (χ3n) is 5.63. The van der Waals surface area contributed by atoms with Gasteiger partial charge < -0.3 is 0 Å². The molecular formula is C18H20Br2. The van der Waals surface area contributed by atoms with E-state index in [1.54, 1.807) is 0 Å². The molecule has 0 aliphatic heterocycles. The fraction of sp³-hybridized carbons (Fsp3) is 0.444. The molecule has 1 unspecified atom stereocenters. The first-order valence-electron chi connectivity index (χ1n) is 7.09. The maximum Gasteiger partial charge on any atom is 0.0440 e. The van der Waals surface area contributed by atoms with E-state index in [1.807, 2.05) is 0 Å². The second-order valence-electron chi connectivity index (χ2n) is 7.01. The summed E-state index contributed by atoms with van der Waals surface area (Å²) in [4.78, 5) is 0.408. The maximum atomic E-state index is 3.99. The Balaban J connectivity index is 2.11. The Morgan fingerprint density at radius 2 is 1.45 bits per heavy atom. The van der Waals surface area contributed by atoms with Crippen LogP contribution in [0.5, 0.6) is 0 Å². The van der Waals surface area contributed by atoms with Crippen molar-refractivity contribution in [2.45, 2.75) is 32.5 Å². The van der Waals surface area contributed by atoms with Crippen molar-refractivity contribution in [1.29, 1.82) is 0 Å². The lowest BCUT2D eigenvalue weighted by atomic mass is 9.97. The molecule has 0 nitrogen and oxygen atoms in total. The van der Waals surface area contributed by atoms with Gasteiger partial charge in [-0.15, -0.1) is 0 Å². The van der Waals surface area contributed by atoms with E-state index in [4.69, 9.17) is 0 Å². The van der Waals surface area contributed by atoms with Crippen LogP contribution in [0.3, 0.4) is 0 Å². The molecule has 0 N–H and O–H groups in total. The van der Waals surface area contributed by atoms with E-state index in [-0.39, 0.29) is 0 Å². The third kappa shape index (κ3) is 1.91. The van der Waals surface area contributed by atoms with Gasteiger partial charge in [-0.1, -0.05) is 89.9 Å². The highest BCUT2D eigenvalue weighted by Gasteiger charge is 2.66. The predicted molar refractivity (Wildman–Crippen MR) is 94.4 cm³/mol. The zero-order chi connectivity index (χ0) is 14.7. The predicted octanol–water partition coefficient (Wildman–Crippen LogP) is 6.72. The van der Waals surface area contributed by atoms with Gasteiger partial charge in [0, 0.05) is 9.30 Å². The summed E-state index contributed by atoms with van der Waals surface area (Å²) in [6.07, 6.45) is 0. The number of hydrogen-bond acceptors (Lipinski definition) is 0. The minimum atomic E-state index is 0.384. The smallest absolute Gasteiger partial charge is 0.0440 e. The summed E-state index contributed by atoms with van der Waals surface area (Å²) >= 11 is 7.66. The van der Waals surface area contributed by atoms with Gasteiger partial charge >= 0.3 is 0 Å². The second-order valence-corrected chi connectivity index (χ2v) is 8.85. The minimum absolute atomic E-state index is 0.384. The quantitative estimate of drug-likeness (QED) is 0.495. The van der Waals surface area contributed by atoms with Crippen LogP contribution >= 0.6 is 31.9 Å². The zero-order valence-corrected chi connectivity index (χ0v) is 15.5. The largest absolute Gasteiger partial charge is 0.0835 e. The lowest BCUT2D eigenvalue weighted by molar-refractivity contribution is 0.457. The molecular weight excluding hydrogens is 376 g/mol. The summed E-state index contributed by atoms with van der Waals surface area (Å²) in [5.74, 6) is 0.666. The molecule has 106 valence electrons. The Morgan fingerprint density at radius 1 is 0.900 bits per heavy atom. The van der Waals surface area contributed by atoms with Crippen molar-refractivity contribution < 1.29 is 0 Å².